The van der Waals surface area contributed by atoms with Gasteiger partial charge in [0.2, 0.25) is 17.8 Å². The van der Waals surface area contributed by atoms with Crippen molar-refractivity contribution in [1.29, 1.82) is 0 Å². The highest BCUT2D eigenvalue weighted by atomic mass is 16.5. The van der Waals surface area contributed by atoms with E-state index < -0.39 is 29.9 Å². The summed E-state index contributed by atoms with van der Waals surface area (Å²) in [7, 11) is 0. The number of carbonyl (C=O) groups is 6. The number of aromatic nitrogens is 6. The summed E-state index contributed by atoms with van der Waals surface area (Å²) in [6.45, 7) is 4.00. The van der Waals surface area contributed by atoms with Crippen LogP contribution in [0.3, 0.4) is 0 Å². The minimum atomic E-state index is -1.30. The molecule has 1 unspecified atom stereocenters. The van der Waals surface area contributed by atoms with Gasteiger partial charge in [0.25, 0.3) is 5.91 Å². The number of ether oxygens (including phenoxy) is 4. The van der Waals surface area contributed by atoms with Gasteiger partial charge in [0.15, 0.2) is 22.8 Å². The van der Waals surface area contributed by atoms with Gasteiger partial charge in [0, 0.05) is 67.9 Å². The molecule has 1 fully saturated rings. The highest BCUT2D eigenvalue weighted by Crippen LogP contribution is 2.44. The van der Waals surface area contributed by atoms with Gasteiger partial charge in [-0.05, 0) is 61.0 Å². The predicted octanol–water partition coefficient (Wildman–Crippen LogP) is 1.33. The second kappa shape index (κ2) is 26.7. The zero-order valence-corrected chi connectivity index (χ0v) is 42.3. The van der Waals surface area contributed by atoms with Crippen molar-refractivity contribution < 1.29 is 57.9 Å². The zero-order chi connectivity index (χ0) is 55.0. The number of carbonyl (C=O) groups excluding carboxylic acids is 5. The first-order valence-electron chi connectivity index (χ1n) is 25.0. The summed E-state index contributed by atoms with van der Waals surface area (Å²) in [6.07, 6.45) is 1.80. The summed E-state index contributed by atoms with van der Waals surface area (Å²) in [5.74, 6) is -2.87. The number of urea groups is 1. The molecule has 8 rings (SSSR count). The van der Waals surface area contributed by atoms with Crippen LogP contribution in [0.1, 0.15) is 44.8 Å². The molecule has 3 aromatic heterocycles. The lowest BCUT2D eigenvalue weighted by molar-refractivity contribution is -0.139. The summed E-state index contributed by atoms with van der Waals surface area (Å²) < 4.78 is 23.4. The Morgan fingerprint density at radius 1 is 0.795 bits per heavy atom. The molecule has 1 aliphatic heterocycles. The van der Waals surface area contributed by atoms with Crippen molar-refractivity contribution in [1.82, 2.24) is 56.1 Å². The standard InChI is InChI=1S/C51H59N15O12/c52-46-43-47(62-50(53)61-46)57-28-33(58-43)14-15-54-32-8-4-31(5-9-32)48(71)59-37(49(72)73)12-13-38(68)55-16-20-75-24-26-78-27-25-76-21-17-56-39(69)29-66-44(30-6-10-34(67)11-7-30)41-42(63-66)35-2-1-3-36(40(35)45(41)70)60-51(74)64-65-18-22-77-23-19-65/h1-11,28,37,54,67H,12-27,29H2,(H,55,68)(H,56,69)(H,59,71)(H,72,73)(H2,60,64,74)(H4,52,53,57,61,62). The first-order chi connectivity index (χ1) is 37.8. The number of phenols is 1. The number of hydrogen-bond acceptors (Lipinski definition) is 20. The van der Waals surface area contributed by atoms with Gasteiger partial charge in [-0.1, -0.05) is 12.1 Å². The molecule has 1 saturated heterocycles. The van der Waals surface area contributed by atoms with Gasteiger partial charge < -0.3 is 67.2 Å². The van der Waals surface area contributed by atoms with Crippen molar-refractivity contribution >= 4 is 69.8 Å². The number of aromatic hydroxyl groups is 1. The molecule has 3 aromatic carbocycles. The lowest BCUT2D eigenvalue weighted by Crippen LogP contribution is -2.49. The molecule has 5 amide bonds. The van der Waals surface area contributed by atoms with Crippen LogP contribution < -0.4 is 43.5 Å². The van der Waals surface area contributed by atoms with E-state index in [4.69, 9.17) is 35.5 Å². The number of nitrogens with two attached hydrogens (primary N) is 2. The van der Waals surface area contributed by atoms with E-state index in [1.54, 1.807) is 65.8 Å². The molecule has 410 valence electrons. The van der Waals surface area contributed by atoms with Crippen LogP contribution in [0.2, 0.25) is 0 Å². The van der Waals surface area contributed by atoms with Crippen LogP contribution in [0.5, 0.6) is 5.75 Å². The smallest absolute Gasteiger partial charge is 0.333 e. The molecule has 12 N–H and O–H groups in total. The number of fused-ring (bicyclic) bond motifs is 4. The first kappa shape index (κ1) is 55.3. The monoisotopic (exact) mass is 1070 g/mol. The van der Waals surface area contributed by atoms with Crippen molar-refractivity contribution in [2.45, 2.75) is 31.8 Å². The third-order valence-electron chi connectivity index (χ3n) is 12.2. The number of benzene rings is 3. The Labute approximate surface area is 445 Å². The van der Waals surface area contributed by atoms with Gasteiger partial charge in [0.05, 0.1) is 87.3 Å². The van der Waals surface area contributed by atoms with E-state index >= 15 is 0 Å². The van der Waals surface area contributed by atoms with Crippen molar-refractivity contribution in [2.24, 2.45) is 0 Å². The highest BCUT2D eigenvalue weighted by Gasteiger charge is 2.37. The van der Waals surface area contributed by atoms with Gasteiger partial charge in [-0.3, -0.25) is 29.3 Å². The lowest BCUT2D eigenvalue weighted by atomic mass is 10.0. The fraction of sp³-hybridized carbons (Fsp3) is 0.353. The highest BCUT2D eigenvalue weighted by molar-refractivity contribution is 6.27. The molecule has 4 heterocycles. The molecule has 78 heavy (non-hydrogen) atoms. The van der Waals surface area contributed by atoms with Crippen LogP contribution in [0.25, 0.3) is 33.7 Å². The number of nitrogens with one attached hydrogen (secondary N) is 6. The molecule has 27 nitrogen and oxygen atoms in total. The Morgan fingerprint density at radius 3 is 2.19 bits per heavy atom. The maximum atomic E-state index is 14.2. The zero-order valence-electron chi connectivity index (χ0n) is 42.3. The number of ketones is 1. The molecule has 1 aliphatic carbocycles. The first-order valence-corrected chi connectivity index (χ1v) is 25.0. The third kappa shape index (κ3) is 14.7. The number of phenolic OH excluding ortho intramolecular Hbond substituents is 1. The van der Waals surface area contributed by atoms with Gasteiger partial charge in [0.1, 0.15) is 24.0 Å². The predicted molar refractivity (Wildman–Crippen MR) is 282 cm³/mol. The lowest BCUT2D eigenvalue weighted by Gasteiger charge is -2.27. The number of rotatable bonds is 27. The number of carboxylic acids is 1. The largest absolute Gasteiger partial charge is 0.508 e. The van der Waals surface area contributed by atoms with Crippen LogP contribution >= 0.6 is 0 Å². The van der Waals surface area contributed by atoms with E-state index in [2.05, 4.69) is 51.9 Å². The minimum absolute atomic E-state index is 0.0112. The Bertz CT molecular complexity index is 3120. The minimum Gasteiger partial charge on any atom is -0.508 e. The molecule has 0 radical (unpaired) electrons. The molecule has 0 saturated carbocycles. The average Bonchev–Trinajstić information content (AvgIpc) is 4.09. The second-order valence-electron chi connectivity index (χ2n) is 17.7. The van der Waals surface area contributed by atoms with Gasteiger partial charge in [-0.2, -0.15) is 15.1 Å². The average molecular weight is 1070 g/mol. The van der Waals surface area contributed by atoms with Crippen LogP contribution in [0.15, 0.2) is 72.9 Å². The number of hydrazine groups is 1. The Kier molecular flexibility index (Phi) is 19.0. The van der Waals surface area contributed by atoms with E-state index in [-0.39, 0.29) is 118 Å². The summed E-state index contributed by atoms with van der Waals surface area (Å²) in [6, 6.07) is 16.0. The maximum absolute atomic E-state index is 14.2. The maximum Gasteiger partial charge on any atom is 0.333 e. The molecule has 1 atom stereocenters. The summed E-state index contributed by atoms with van der Waals surface area (Å²) in [5, 5.41) is 40.1. The molecule has 0 bridgehead atoms. The van der Waals surface area contributed by atoms with Crippen molar-refractivity contribution in [3.8, 4) is 28.3 Å². The SMILES string of the molecule is Nc1nc(N)c2nc(CCNc3ccc(C(=O)NC(CCC(=O)NCCOCCOCCOCCNC(=O)Cn4nc5c(c4-c4ccc(O)cc4)C(=O)c4c(NC(=O)NN6CCOCC6)cccc4-5)C(=O)O)cc3)cnc2n1. The number of morpholine rings is 1. The molecule has 6 aromatic rings. The van der Waals surface area contributed by atoms with E-state index in [1.165, 1.54) is 16.8 Å². The Morgan fingerprint density at radius 2 is 1.49 bits per heavy atom. The van der Waals surface area contributed by atoms with Crippen molar-refractivity contribution in [3.05, 3.63) is 95.3 Å². The second-order valence-corrected chi connectivity index (χ2v) is 17.7. The topological polar surface area (TPSA) is 377 Å². The molecule has 27 heteroatoms. The number of amides is 5. The van der Waals surface area contributed by atoms with Crippen molar-refractivity contribution in [3.63, 3.8) is 0 Å². The van der Waals surface area contributed by atoms with E-state index in [0.29, 0.717) is 90.0 Å². The van der Waals surface area contributed by atoms with Crippen LogP contribution in [-0.2, 0) is 46.3 Å². The number of nitrogen functional groups attached to an aromatic ring is 2. The van der Waals surface area contributed by atoms with Gasteiger partial charge in [-0.25, -0.2) is 24.6 Å². The van der Waals surface area contributed by atoms with Gasteiger partial charge in [-0.15, -0.1) is 0 Å². The van der Waals surface area contributed by atoms with Crippen LogP contribution in [0, 0.1) is 0 Å². The number of hydrogen-bond donors (Lipinski definition) is 10. The quantitative estimate of drug-likeness (QED) is 0.0325. The molecule has 0 spiro atoms. The molecular formula is C51H59N15O12. The van der Waals surface area contributed by atoms with E-state index in [1.807, 2.05) is 0 Å². The number of nitrogens with zero attached hydrogens (tertiary/aromatic N) is 7. The summed E-state index contributed by atoms with van der Waals surface area (Å²) in [5.41, 5.74) is 19.2. The summed E-state index contributed by atoms with van der Waals surface area (Å²) >= 11 is 0. The number of carboxylic acid groups (broad SMARTS) is 1. The fourth-order valence-electron chi connectivity index (χ4n) is 8.38. The third-order valence-corrected chi connectivity index (χ3v) is 12.2. The van der Waals surface area contributed by atoms with Crippen molar-refractivity contribution in [2.75, 3.05) is 108 Å². The van der Waals surface area contributed by atoms with E-state index in [0.717, 1.165) is 0 Å². The van der Waals surface area contributed by atoms with Gasteiger partial charge >= 0.3 is 12.0 Å². The fourth-order valence-corrected chi connectivity index (χ4v) is 8.38. The molecule has 2 aliphatic rings. The number of anilines is 4. The summed E-state index contributed by atoms with van der Waals surface area (Å²) in [4.78, 5) is 94.1. The molecular weight excluding hydrogens is 1010 g/mol. The Balaban J connectivity index is 0.671. The normalized spacial score (nSPS) is 13.3. The van der Waals surface area contributed by atoms with Crippen LogP contribution in [-0.4, -0.2) is 172 Å². The number of aliphatic carboxylic acids is 1. The van der Waals surface area contributed by atoms with Crippen LogP contribution in [0.4, 0.5) is 27.9 Å². The Hall–Kier alpha value is -8.89. The van der Waals surface area contributed by atoms with E-state index in [9.17, 15) is 39.0 Å².